The molecule has 0 saturated carbocycles. The fourth-order valence-corrected chi connectivity index (χ4v) is 1.93. The van der Waals surface area contributed by atoms with E-state index >= 15 is 0 Å². The van der Waals surface area contributed by atoms with Crippen LogP contribution >= 0.6 is 0 Å². The normalized spacial score (nSPS) is 17.2. The molecule has 2 atom stereocenters. The van der Waals surface area contributed by atoms with Crippen LogP contribution in [0, 0.1) is 5.92 Å². The van der Waals surface area contributed by atoms with E-state index in [1.807, 2.05) is 6.92 Å². The van der Waals surface area contributed by atoms with Crippen molar-refractivity contribution in [3.05, 3.63) is 0 Å². The maximum Gasteiger partial charge on any atom is 0.389 e. The van der Waals surface area contributed by atoms with Crippen molar-refractivity contribution in [3.63, 3.8) is 0 Å². The number of rotatable bonds is 8. The van der Waals surface area contributed by atoms with Gasteiger partial charge >= 0.3 is 12.1 Å². The van der Waals surface area contributed by atoms with Crippen molar-refractivity contribution < 1.29 is 28.2 Å². The number of hydrogen-bond donors (Lipinski definition) is 2. The number of carboxylic acid groups (broad SMARTS) is 1. The van der Waals surface area contributed by atoms with Gasteiger partial charge in [-0.1, -0.05) is 19.8 Å². The number of aliphatic hydroxyl groups is 1. The molecule has 0 spiro atoms. The molecular weight excluding hydrogens is 249 g/mol. The largest absolute Gasteiger partial charge is 0.481 e. The van der Waals surface area contributed by atoms with E-state index < -0.39 is 30.1 Å². The molecule has 0 aliphatic carbocycles. The smallest absolute Gasteiger partial charge is 0.389 e. The number of halogens is 3. The molecule has 0 aromatic rings. The lowest BCUT2D eigenvalue weighted by atomic mass is 9.81. The van der Waals surface area contributed by atoms with Crippen LogP contribution in [0.25, 0.3) is 0 Å². The number of unbranched alkanes of at least 4 members (excludes halogenated alkanes) is 1. The maximum absolute atomic E-state index is 12.0. The molecular formula is C12H21F3O3. The molecule has 0 bridgehead atoms. The van der Waals surface area contributed by atoms with Crippen molar-refractivity contribution in [2.45, 2.75) is 64.1 Å². The van der Waals surface area contributed by atoms with Gasteiger partial charge in [-0.05, 0) is 26.2 Å². The Labute approximate surface area is 105 Å². The molecule has 18 heavy (non-hydrogen) atoms. The molecule has 0 saturated heterocycles. The van der Waals surface area contributed by atoms with Gasteiger partial charge < -0.3 is 10.2 Å². The topological polar surface area (TPSA) is 57.5 Å². The van der Waals surface area contributed by atoms with Crippen molar-refractivity contribution in [2.75, 3.05) is 0 Å². The lowest BCUT2D eigenvalue weighted by Gasteiger charge is -2.30. The van der Waals surface area contributed by atoms with Crippen LogP contribution in [0.4, 0.5) is 13.2 Å². The van der Waals surface area contributed by atoms with Crippen LogP contribution in [0.2, 0.25) is 0 Å². The Balaban J connectivity index is 4.40. The van der Waals surface area contributed by atoms with Gasteiger partial charge in [-0.2, -0.15) is 13.2 Å². The summed E-state index contributed by atoms with van der Waals surface area (Å²) in [7, 11) is 0. The molecule has 0 aromatic carbocycles. The van der Waals surface area contributed by atoms with Crippen molar-refractivity contribution in [2.24, 2.45) is 5.92 Å². The number of carbonyl (C=O) groups is 1. The summed E-state index contributed by atoms with van der Waals surface area (Å²) in [6.45, 7) is 3.19. The molecule has 2 N–H and O–H groups in total. The highest BCUT2D eigenvalue weighted by Crippen LogP contribution is 2.31. The van der Waals surface area contributed by atoms with Crippen molar-refractivity contribution in [1.82, 2.24) is 0 Å². The van der Waals surface area contributed by atoms with Gasteiger partial charge in [-0.3, -0.25) is 4.79 Å². The van der Waals surface area contributed by atoms with Crippen LogP contribution in [0.5, 0.6) is 0 Å². The SMILES string of the molecule is CCCCC(C(=O)O)C(C)(O)CCCC(F)(F)F. The molecule has 0 aromatic heterocycles. The van der Waals surface area contributed by atoms with Gasteiger partial charge in [-0.25, -0.2) is 0 Å². The van der Waals surface area contributed by atoms with Crippen LogP contribution in [0.1, 0.15) is 52.4 Å². The van der Waals surface area contributed by atoms with Gasteiger partial charge in [0.2, 0.25) is 0 Å². The van der Waals surface area contributed by atoms with E-state index in [0.29, 0.717) is 6.42 Å². The number of alkyl halides is 3. The molecule has 0 radical (unpaired) electrons. The molecule has 6 heteroatoms. The Morgan fingerprint density at radius 2 is 1.78 bits per heavy atom. The summed E-state index contributed by atoms with van der Waals surface area (Å²) in [5.41, 5.74) is -1.59. The molecule has 0 aliphatic heterocycles. The van der Waals surface area contributed by atoms with Gasteiger partial charge in [0.15, 0.2) is 0 Å². The van der Waals surface area contributed by atoms with E-state index in [1.165, 1.54) is 6.92 Å². The zero-order valence-electron chi connectivity index (χ0n) is 10.8. The molecule has 0 heterocycles. The fourth-order valence-electron chi connectivity index (χ4n) is 1.93. The Hall–Kier alpha value is -0.780. The Bertz CT molecular complexity index is 262. The van der Waals surface area contributed by atoms with Crippen molar-refractivity contribution >= 4 is 5.97 Å². The number of carboxylic acids is 1. The second kappa shape index (κ2) is 6.97. The van der Waals surface area contributed by atoms with Crippen LogP contribution in [-0.2, 0) is 4.79 Å². The highest BCUT2D eigenvalue weighted by molar-refractivity contribution is 5.71. The summed E-state index contributed by atoms with van der Waals surface area (Å²) in [5, 5.41) is 19.0. The van der Waals surface area contributed by atoms with Crippen molar-refractivity contribution in [3.8, 4) is 0 Å². The quantitative estimate of drug-likeness (QED) is 0.711. The summed E-state index contributed by atoms with van der Waals surface area (Å²) < 4.78 is 36.0. The first-order valence-electron chi connectivity index (χ1n) is 6.12. The lowest BCUT2D eigenvalue weighted by Crippen LogP contribution is -2.39. The average molecular weight is 270 g/mol. The highest BCUT2D eigenvalue weighted by atomic mass is 19.4. The molecule has 2 unspecified atom stereocenters. The lowest BCUT2D eigenvalue weighted by molar-refractivity contribution is -0.154. The Kier molecular flexibility index (Phi) is 6.67. The van der Waals surface area contributed by atoms with Gasteiger partial charge in [0.05, 0.1) is 11.5 Å². The predicted octanol–water partition coefficient (Wildman–Crippen LogP) is 3.36. The maximum atomic E-state index is 12.0. The average Bonchev–Trinajstić information content (AvgIpc) is 2.14. The van der Waals surface area contributed by atoms with Gasteiger partial charge in [0.1, 0.15) is 0 Å². The Morgan fingerprint density at radius 1 is 1.22 bits per heavy atom. The van der Waals surface area contributed by atoms with E-state index in [1.54, 1.807) is 0 Å². The summed E-state index contributed by atoms with van der Waals surface area (Å²) in [6, 6.07) is 0. The number of aliphatic carboxylic acids is 1. The van der Waals surface area contributed by atoms with Gasteiger partial charge in [0.25, 0.3) is 0 Å². The Morgan fingerprint density at radius 3 is 2.17 bits per heavy atom. The molecule has 108 valence electrons. The van der Waals surface area contributed by atoms with Gasteiger partial charge in [-0.15, -0.1) is 0 Å². The molecule has 0 fully saturated rings. The molecule has 0 rings (SSSR count). The third-order valence-electron chi connectivity index (χ3n) is 3.04. The predicted molar refractivity (Wildman–Crippen MR) is 61.2 cm³/mol. The summed E-state index contributed by atoms with van der Waals surface area (Å²) in [5.74, 6) is -2.16. The van der Waals surface area contributed by atoms with E-state index in [0.717, 1.165) is 6.42 Å². The second-order valence-electron chi connectivity index (χ2n) is 4.86. The zero-order chi connectivity index (χ0) is 14.4. The first kappa shape index (κ1) is 17.2. The second-order valence-corrected chi connectivity index (χ2v) is 4.86. The zero-order valence-corrected chi connectivity index (χ0v) is 10.8. The van der Waals surface area contributed by atoms with E-state index in [-0.39, 0.29) is 19.3 Å². The van der Waals surface area contributed by atoms with Gasteiger partial charge in [0, 0.05) is 6.42 Å². The third-order valence-corrected chi connectivity index (χ3v) is 3.04. The van der Waals surface area contributed by atoms with E-state index in [4.69, 9.17) is 5.11 Å². The monoisotopic (exact) mass is 270 g/mol. The highest BCUT2D eigenvalue weighted by Gasteiger charge is 2.37. The third kappa shape index (κ3) is 6.83. The summed E-state index contributed by atoms with van der Waals surface area (Å²) in [4.78, 5) is 11.0. The van der Waals surface area contributed by atoms with E-state index in [2.05, 4.69) is 0 Å². The standard InChI is InChI=1S/C12H21F3O3/c1-3-4-6-9(10(16)17)11(2,18)7-5-8-12(13,14)15/h9,18H,3-8H2,1-2H3,(H,16,17). The molecule has 0 amide bonds. The first-order valence-corrected chi connectivity index (χ1v) is 6.12. The summed E-state index contributed by atoms with van der Waals surface area (Å²) in [6.07, 6.45) is -3.99. The summed E-state index contributed by atoms with van der Waals surface area (Å²) >= 11 is 0. The van der Waals surface area contributed by atoms with Crippen molar-refractivity contribution in [1.29, 1.82) is 0 Å². The minimum absolute atomic E-state index is 0.160. The van der Waals surface area contributed by atoms with Crippen LogP contribution in [0.3, 0.4) is 0 Å². The van der Waals surface area contributed by atoms with Crippen LogP contribution in [-0.4, -0.2) is 28.0 Å². The molecule has 3 nitrogen and oxygen atoms in total. The number of hydrogen-bond acceptors (Lipinski definition) is 2. The fraction of sp³-hybridized carbons (Fsp3) is 0.917. The molecule has 0 aliphatic rings. The first-order chi connectivity index (χ1) is 8.10. The van der Waals surface area contributed by atoms with E-state index in [9.17, 15) is 23.1 Å². The van der Waals surface area contributed by atoms with Crippen LogP contribution < -0.4 is 0 Å². The minimum atomic E-state index is -4.27. The minimum Gasteiger partial charge on any atom is -0.481 e. The van der Waals surface area contributed by atoms with Crippen LogP contribution in [0.15, 0.2) is 0 Å².